The molecule has 31 heavy (non-hydrogen) atoms. The van der Waals surface area contributed by atoms with Crippen molar-refractivity contribution in [1.29, 1.82) is 0 Å². The minimum Gasteiger partial charge on any atom is -0.356 e. The van der Waals surface area contributed by atoms with Crippen molar-refractivity contribution in [3.8, 4) is 0 Å². The summed E-state index contributed by atoms with van der Waals surface area (Å²) in [4.78, 5) is 17.0. The fourth-order valence-corrected chi connectivity index (χ4v) is 6.89. The van der Waals surface area contributed by atoms with Crippen molar-refractivity contribution in [2.75, 3.05) is 24.6 Å². The first-order valence-electron chi connectivity index (χ1n) is 10.2. The highest BCUT2D eigenvalue weighted by Gasteiger charge is 2.28. The zero-order valence-electron chi connectivity index (χ0n) is 17.2. The second-order valence-corrected chi connectivity index (χ2v) is 11.4. The fourth-order valence-electron chi connectivity index (χ4n) is 3.52. The Bertz CT molecular complexity index is 1120. The van der Waals surface area contributed by atoms with E-state index in [0.29, 0.717) is 13.1 Å². The van der Waals surface area contributed by atoms with Crippen molar-refractivity contribution in [3.63, 3.8) is 0 Å². The topological polar surface area (TPSA) is 82.3 Å². The number of aromatic amines is 1. The summed E-state index contributed by atoms with van der Waals surface area (Å²) in [5.41, 5.74) is 2.45. The lowest BCUT2D eigenvalue weighted by Gasteiger charge is -2.24. The molecular weight excluding hydrogens is 450 g/mol. The predicted octanol–water partition coefficient (Wildman–Crippen LogP) is 3.90. The number of nitrogens with zero attached hydrogens (tertiary/aromatic N) is 1. The van der Waals surface area contributed by atoms with Crippen LogP contribution < -0.4 is 5.32 Å². The Morgan fingerprint density at radius 1 is 1.19 bits per heavy atom. The number of amides is 1. The van der Waals surface area contributed by atoms with E-state index in [1.54, 1.807) is 23.1 Å². The van der Waals surface area contributed by atoms with E-state index in [0.717, 1.165) is 28.4 Å². The first-order chi connectivity index (χ1) is 15.0. The second-order valence-electron chi connectivity index (χ2n) is 7.28. The molecule has 1 aliphatic heterocycles. The van der Waals surface area contributed by atoms with Crippen molar-refractivity contribution in [2.45, 2.75) is 24.3 Å². The van der Waals surface area contributed by atoms with Crippen LogP contribution in [0.3, 0.4) is 0 Å². The summed E-state index contributed by atoms with van der Waals surface area (Å²) in [6, 6.07) is 13.3. The van der Waals surface area contributed by atoms with Crippen LogP contribution in [0.25, 0.3) is 0 Å². The molecule has 1 saturated heterocycles. The summed E-state index contributed by atoms with van der Waals surface area (Å²) in [5.74, 6) is 1.24. The number of carbonyl (C=O) groups is 1. The number of H-pyrrole nitrogens is 1. The van der Waals surface area contributed by atoms with E-state index in [4.69, 9.17) is 0 Å². The highest BCUT2D eigenvalue weighted by molar-refractivity contribution is 7.99. The number of aryl methyl sites for hydroxylation is 1. The van der Waals surface area contributed by atoms with Gasteiger partial charge >= 0.3 is 0 Å². The number of nitrogens with one attached hydrogen (secondary N) is 2. The van der Waals surface area contributed by atoms with E-state index < -0.39 is 10.0 Å². The largest absolute Gasteiger partial charge is 0.356 e. The number of benzene rings is 1. The lowest BCUT2D eigenvalue weighted by Crippen LogP contribution is -2.37. The van der Waals surface area contributed by atoms with Crippen molar-refractivity contribution >= 4 is 39.0 Å². The molecule has 9 heteroatoms. The molecule has 2 aromatic heterocycles. The Kier molecular flexibility index (Phi) is 6.86. The van der Waals surface area contributed by atoms with Gasteiger partial charge in [-0.05, 0) is 35.1 Å². The maximum atomic E-state index is 13.0. The molecule has 1 fully saturated rings. The molecule has 0 radical (unpaired) electrons. The zero-order chi connectivity index (χ0) is 21.8. The van der Waals surface area contributed by atoms with Crippen molar-refractivity contribution in [3.05, 3.63) is 75.7 Å². The summed E-state index contributed by atoms with van der Waals surface area (Å²) >= 11 is 3.32. The lowest BCUT2D eigenvalue weighted by molar-refractivity contribution is 0.0939. The maximum Gasteiger partial charge on any atom is 0.268 e. The molecule has 1 unspecified atom stereocenters. The monoisotopic (exact) mass is 475 g/mol. The average Bonchev–Trinajstić information content (AvgIpc) is 3.51. The standard InChI is InChI=1S/C22H25N3O3S3/c1-2-16-5-7-17(8-6-16)21(20-4-3-11-30-20)24-22(26)19-14-18(15-23-19)31(27,28)25-9-12-29-13-10-25/h3-8,11,14-15,21,23H,2,9-10,12-13H2,1H3,(H,24,26). The van der Waals surface area contributed by atoms with Gasteiger partial charge in [-0.2, -0.15) is 16.1 Å². The molecule has 1 aromatic carbocycles. The average molecular weight is 476 g/mol. The fraction of sp³-hybridized carbons (Fsp3) is 0.318. The number of aromatic nitrogens is 1. The van der Waals surface area contributed by atoms with Crippen LogP contribution in [0, 0.1) is 0 Å². The van der Waals surface area contributed by atoms with E-state index in [9.17, 15) is 13.2 Å². The van der Waals surface area contributed by atoms with Crippen molar-refractivity contribution in [2.24, 2.45) is 0 Å². The third-order valence-electron chi connectivity index (χ3n) is 5.33. The number of carbonyl (C=O) groups excluding carboxylic acids is 1. The molecule has 0 saturated carbocycles. The second kappa shape index (κ2) is 9.60. The van der Waals surface area contributed by atoms with Crippen molar-refractivity contribution in [1.82, 2.24) is 14.6 Å². The number of thioether (sulfide) groups is 1. The predicted molar refractivity (Wildman–Crippen MR) is 126 cm³/mol. The SMILES string of the molecule is CCc1ccc(C(NC(=O)c2cc(S(=O)(=O)N3CCSCC3)c[nH]2)c2cccs2)cc1. The van der Waals surface area contributed by atoms with Gasteiger partial charge in [-0.1, -0.05) is 37.3 Å². The van der Waals surface area contributed by atoms with Gasteiger partial charge in [0.1, 0.15) is 10.6 Å². The van der Waals surface area contributed by atoms with Gasteiger partial charge in [0.15, 0.2) is 0 Å². The van der Waals surface area contributed by atoms with Crippen molar-refractivity contribution < 1.29 is 13.2 Å². The van der Waals surface area contributed by atoms with E-state index >= 15 is 0 Å². The van der Waals surface area contributed by atoms with Crippen LogP contribution in [0.4, 0.5) is 0 Å². The number of rotatable bonds is 7. The van der Waals surface area contributed by atoms with Gasteiger partial charge in [0.2, 0.25) is 10.0 Å². The molecule has 1 amide bonds. The molecule has 0 spiro atoms. The van der Waals surface area contributed by atoms with Gasteiger partial charge in [-0.15, -0.1) is 11.3 Å². The molecule has 0 aliphatic carbocycles. The van der Waals surface area contributed by atoms with Crippen LogP contribution in [-0.4, -0.2) is 48.2 Å². The molecule has 4 rings (SSSR count). The summed E-state index contributed by atoms with van der Waals surface area (Å²) in [6.07, 6.45) is 2.36. The van der Waals surface area contributed by atoms with Gasteiger partial charge < -0.3 is 10.3 Å². The Morgan fingerprint density at radius 2 is 1.94 bits per heavy atom. The Morgan fingerprint density at radius 3 is 2.58 bits per heavy atom. The first kappa shape index (κ1) is 22.1. The maximum absolute atomic E-state index is 13.0. The summed E-state index contributed by atoms with van der Waals surface area (Å²) in [5, 5.41) is 5.04. The quantitative estimate of drug-likeness (QED) is 0.543. The minimum absolute atomic E-state index is 0.129. The van der Waals surface area contributed by atoms with Gasteiger partial charge in [-0.25, -0.2) is 8.42 Å². The molecule has 1 atom stereocenters. The number of thiophene rings is 1. The normalized spacial score (nSPS) is 16.2. The highest BCUT2D eigenvalue weighted by Crippen LogP contribution is 2.27. The molecule has 164 valence electrons. The Balaban J connectivity index is 1.55. The van der Waals surface area contributed by atoms with Gasteiger partial charge in [0, 0.05) is 35.7 Å². The molecule has 3 heterocycles. The Hall–Kier alpha value is -2.07. The molecule has 2 N–H and O–H groups in total. The molecular formula is C22H25N3O3S3. The van der Waals surface area contributed by atoms with E-state index in [-0.39, 0.29) is 22.5 Å². The van der Waals surface area contributed by atoms with Crippen LogP contribution in [-0.2, 0) is 16.4 Å². The molecule has 1 aliphatic rings. The molecule has 6 nitrogen and oxygen atoms in total. The van der Waals surface area contributed by atoms with Crippen LogP contribution in [0.2, 0.25) is 0 Å². The third-order valence-corrected chi connectivity index (χ3v) is 9.09. The van der Waals surface area contributed by atoms with Crippen LogP contribution in [0.15, 0.2) is 58.9 Å². The first-order valence-corrected chi connectivity index (χ1v) is 13.7. The van der Waals surface area contributed by atoms with E-state index in [1.165, 1.54) is 22.1 Å². The number of hydrogen-bond acceptors (Lipinski definition) is 5. The van der Waals surface area contributed by atoms with Gasteiger partial charge in [0.25, 0.3) is 5.91 Å². The highest BCUT2D eigenvalue weighted by atomic mass is 32.2. The number of hydrogen-bond donors (Lipinski definition) is 2. The zero-order valence-corrected chi connectivity index (χ0v) is 19.7. The molecule has 0 bridgehead atoms. The van der Waals surface area contributed by atoms with E-state index in [2.05, 4.69) is 29.4 Å². The third kappa shape index (κ3) is 4.90. The summed E-state index contributed by atoms with van der Waals surface area (Å²) in [7, 11) is -3.60. The van der Waals surface area contributed by atoms with E-state index in [1.807, 2.05) is 29.6 Å². The summed E-state index contributed by atoms with van der Waals surface area (Å²) in [6.45, 7) is 3.09. The van der Waals surface area contributed by atoms with Crippen LogP contribution in [0.5, 0.6) is 0 Å². The molecule has 3 aromatic rings. The summed E-state index contributed by atoms with van der Waals surface area (Å²) < 4.78 is 27.2. The van der Waals surface area contributed by atoms with Gasteiger partial charge in [0.05, 0.1) is 6.04 Å². The van der Waals surface area contributed by atoms with Crippen LogP contribution in [0.1, 0.15) is 39.5 Å². The van der Waals surface area contributed by atoms with Gasteiger partial charge in [-0.3, -0.25) is 4.79 Å². The Labute approximate surface area is 191 Å². The number of sulfonamides is 1. The lowest BCUT2D eigenvalue weighted by atomic mass is 10.0. The minimum atomic E-state index is -3.60. The van der Waals surface area contributed by atoms with Crippen LogP contribution >= 0.6 is 23.1 Å². The smallest absolute Gasteiger partial charge is 0.268 e.